The number of fused-ring (bicyclic) bond motifs is 1. The summed E-state index contributed by atoms with van der Waals surface area (Å²) in [4.78, 5) is 22.7. The molecule has 2 aromatic carbocycles. The van der Waals surface area contributed by atoms with E-state index >= 15 is 0 Å². The number of hydrogen-bond donors (Lipinski definition) is 0. The maximum Gasteiger partial charge on any atom is 0.255 e. The highest BCUT2D eigenvalue weighted by atomic mass is 16.5. The Bertz CT molecular complexity index is 1500. The highest BCUT2D eigenvalue weighted by Gasteiger charge is 2.24. The van der Waals surface area contributed by atoms with Crippen molar-refractivity contribution in [1.29, 1.82) is 0 Å². The summed E-state index contributed by atoms with van der Waals surface area (Å²) in [5.74, 6) is 1.72. The molecule has 6 rings (SSSR count). The molecular weight excluding hydrogens is 546 g/mol. The van der Waals surface area contributed by atoms with Gasteiger partial charge >= 0.3 is 0 Å². The fraction of sp³-hybridized carbons (Fsp3) is 0.514. The van der Waals surface area contributed by atoms with Gasteiger partial charge in [-0.3, -0.25) is 4.79 Å². The zero-order valence-electron chi connectivity index (χ0n) is 26.7. The first-order chi connectivity index (χ1) is 21.6. The van der Waals surface area contributed by atoms with Crippen LogP contribution in [0.3, 0.4) is 0 Å². The van der Waals surface area contributed by atoms with Crippen LogP contribution >= 0.6 is 0 Å². The molecule has 2 aromatic heterocycles. The van der Waals surface area contributed by atoms with Gasteiger partial charge in [0.2, 0.25) is 0 Å². The lowest BCUT2D eigenvalue weighted by Crippen LogP contribution is -2.37. The number of likely N-dealkylation sites (N-methyl/N-ethyl adjacent to an activating group) is 1. The van der Waals surface area contributed by atoms with Crippen LogP contribution in [0.25, 0.3) is 21.9 Å². The van der Waals surface area contributed by atoms with Crippen LogP contribution in [0.2, 0.25) is 0 Å². The highest BCUT2D eigenvalue weighted by Crippen LogP contribution is 2.33. The summed E-state index contributed by atoms with van der Waals surface area (Å²) in [6.45, 7) is 6.55. The van der Waals surface area contributed by atoms with Gasteiger partial charge in [-0.2, -0.15) is 0 Å². The number of benzene rings is 2. The van der Waals surface area contributed by atoms with E-state index in [9.17, 15) is 4.79 Å². The Kier molecular flexibility index (Phi) is 10.1. The summed E-state index contributed by atoms with van der Waals surface area (Å²) in [5.41, 5.74) is 3.92. The van der Waals surface area contributed by atoms with E-state index in [0.717, 1.165) is 34.9 Å². The van der Waals surface area contributed by atoms with Gasteiger partial charge in [0.15, 0.2) is 0 Å². The zero-order valence-corrected chi connectivity index (χ0v) is 26.7. The van der Waals surface area contributed by atoms with Gasteiger partial charge in [0.1, 0.15) is 0 Å². The molecule has 0 unspecified atom stereocenters. The third-order valence-corrected chi connectivity index (χ3v) is 10.0. The van der Waals surface area contributed by atoms with E-state index in [-0.39, 0.29) is 5.91 Å². The minimum Gasteiger partial charge on any atom is -0.383 e. The third kappa shape index (κ3) is 7.27. The van der Waals surface area contributed by atoms with E-state index in [1.54, 1.807) is 12.0 Å². The zero-order chi connectivity index (χ0) is 30.3. The number of likely N-dealkylation sites (tertiary alicyclic amines) is 1. The second-order valence-corrected chi connectivity index (χ2v) is 13.1. The number of piperidine rings is 1. The van der Waals surface area contributed by atoms with Gasteiger partial charge in [0, 0.05) is 57.9 Å². The van der Waals surface area contributed by atoms with Crippen LogP contribution in [0.4, 0.5) is 0 Å². The van der Waals surface area contributed by atoms with Gasteiger partial charge < -0.3 is 23.7 Å². The molecule has 1 saturated carbocycles. The van der Waals surface area contributed by atoms with Crippen molar-refractivity contribution in [3.63, 3.8) is 0 Å². The number of aromatic nitrogens is 3. The molecule has 7 heteroatoms. The summed E-state index contributed by atoms with van der Waals surface area (Å²) in [7, 11) is 3.52. The standard InChI is InChI=1S/C37H49N5O2/c1-39(21-22-44-2)37(43)36-27-41(26-35(36)34-14-8-12-31-11-6-7-13-33(31)34)25-32-23-38-28-42(32)20-17-29-15-18-40(19-16-29)24-30-9-4-3-5-10-30/h6-8,11-14,23,26-30H,3-5,9-10,15-22,24-25H2,1-2H3. The van der Waals surface area contributed by atoms with Crippen LogP contribution in [0.1, 0.15) is 67.4 Å². The van der Waals surface area contributed by atoms with Crippen molar-refractivity contribution in [1.82, 2.24) is 23.9 Å². The molecule has 0 atom stereocenters. The van der Waals surface area contributed by atoms with Gasteiger partial charge in [-0.05, 0) is 73.4 Å². The maximum absolute atomic E-state index is 13.7. The summed E-state index contributed by atoms with van der Waals surface area (Å²) >= 11 is 0. The second kappa shape index (κ2) is 14.6. The van der Waals surface area contributed by atoms with Crippen LogP contribution in [-0.2, 0) is 17.8 Å². The number of carbonyl (C=O) groups excluding carboxylic acids is 1. The average Bonchev–Trinajstić information content (AvgIpc) is 3.70. The number of hydrogen-bond acceptors (Lipinski definition) is 4. The molecule has 2 aliphatic rings. The van der Waals surface area contributed by atoms with Crippen molar-refractivity contribution < 1.29 is 9.53 Å². The summed E-state index contributed by atoms with van der Waals surface area (Å²) in [6, 6.07) is 14.7. The van der Waals surface area contributed by atoms with Crippen molar-refractivity contribution in [2.75, 3.05) is 46.9 Å². The molecule has 234 valence electrons. The Balaban J connectivity index is 1.14. The highest BCUT2D eigenvalue weighted by molar-refractivity contribution is 6.05. The van der Waals surface area contributed by atoms with Crippen LogP contribution in [0.5, 0.6) is 0 Å². The van der Waals surface area contributed by atoms with Crippen LogP contribution < -0.4 is 0 Å². The molecule has 7 nitrogen and oxygen atoms in total. The molecule has 1 aliphatic carbocycles. The van der Waals surface area contributed by atoms with Crippen molar-refractivity contribution in [2.24, 2.45) is 11.8 Å². The Hall–Kier alpha value is -3.42. The van der Waals surface area contributed by atoms with Gasteiger partial charge in [-0.1, -0.05) is 61.7 Å². The first-order valence-corrected chi connectivity index (χ1v) is 16.7. The van der Waals surface area contributed by atoms with Crippen LogP contribution in [0, 0.1) is 11.8 Å². The van der Waals surface area contributed by atoms with Crippen LogP contribution in [0.15, 0.2) is 67.4 Å². The predicted molar refractivity (Wildman–Crippen MR) is 178 cm³/mol. The number of carbonyl (C=O) groups is 1. The van der Waals surface area contributed by atoms with E-state index in [2.05, 4.69) is 67.7 Å². The lowest BCUT2D eigenvalue weighted by Gasteiger charge is -2.35. The van der Waals surface area contributed by atoms with E-state index in [1.165, 1.54) is 82.1 Å². The minimum atomic E-state index is 0.00655. The monoisotopic (exact) mass is 595 g/mol. The van der Waals surface area contributed by atoms with E-state index < -0.39 is 0 Å². The summed E-state index contributed by atoms with van der Waals surface area (Å²) < 4.78 is 9.73. The van der Waals surface area contributed by atoms with Crippen molar-refractivity contribution in [2.45, 2.75) is 64.5 Å². The molecule has 44 heavy (non-hydrogen) atoms. The number of aryl methyl sites for hydroxylation is 1. The van der Waals surface area contributed by atoms with Crippen molar-refractivity contribution in [3.8, 4) is 11.1 Å². The summed E-state index contributed by atoms with van der Waals surface area (Å²) in [5, 5.41) is 2.32. The van der Waals surface area contributed by atoms with Gasteiger partial charge in [0.25, 0.3) is 5.91 Å². The Morgan fingerprint density at radius 3 is 2.57 bits per heavy atom. The topological polar surface area (TPSA) is 55.5 Å². The number of rotatable bonds is 12. The SMILES string of the molecule is COCCN(C)C(=O)c1cn(Cc2cncn2CCC2CCN(CC3CCCCC3)CC2)cc1-c1cccc2ccccc12. The normalized spacial score (nSPS) is 17.0. The molecule has 0 spiro atoms. The molecule has 0 N–H and O–H groups in total. The smallest absolute Gasteiger partial charge is 0.255 e. The molecule has 1 saturated heterocycles. The van der Waals surface area contributed by atoms with Crippen molar-refractivity contribution in [3.05, 3.63) is 78.6 Å². The molecular formula is C37H49N5O2. The molecule has 1 amide bonds. The Morgan fingerprint density at radius 1 is 0.955 bits per heavy atom. The van der Waals surface area contributed by atoms with Crippen LogP contribution in [-0.4, -0.2) is 76.8 Å². The lowest BCUT2D eigenvalue weighted by molar-refractivity contribution is 0.0745. The molecule has 0 radical (unpaired) electrons. The fourth-order valence-electron chi connectivity index (χ4n) is 7.36. The molecule has 3 heterocycles. The molecule has 4 aromatic rings. The maximum atomic E-state index is 13.7. The van der Waals surface area contributed by atoms with E-state index in [4.69, 9.17) is 4.74 Å². The third-order valence-electron chi connectivity index (χ3n) is 10.0. The van der Waals surface area contributed by atoms with E-state index in [0.29, 0.717) is 25.3 Å². The lowest BCUT2D eigenvalue weighted by atomic mass is 9.87. The largest absolute Gasteiger partial charge is 0.383 e. The van der Waals surface area contributed by atoms with Gasteiger partial charge in [-0.15, -0.1) is 0 Å². The number of amides is 1. The van der Waals surface area contributed by atoms with Gasteiger partial charge in [0.05, 0.1) is 30.7 Å². The number of imidazole rings is 1. The van der Waals surface area contributed by atoms with E-state index in [1.807, 2.05) is 25.8 Å². The molecule has 1 aliphatic heterocycles. The molecule has 2 fully saturated rings. The quantitative estimate of drug-likeness (QED) is 0.178. The van der Waals surface area contributed by atoms with Gasteiger partial charge in [-0.25, -0.2) is 4.98 Å². The Labute approximate surface area is 262 Å². The minimum absolute atomic E-state index is 0.00655. The first kappa shape index (κ1) is 30.6. The molecule has 0 bridgehead atoms. The predicted octanol–water partition coefficient (Wildman–Crippen LogP) is 6.95. The Morgan fingerprint density at radius 2 is 1.75 bits per heavy atom. The number of nitrogens with zero attached hydrogens (tertiary/aromatic N) is 5. The summed E-state index contributed by atoms with van der Waals surface area (Å²) in [6.07, 6.45) is 19.1. The first-order valence-electron chi connectivity index (χ1n) is 16.7. The average molecular weight is 596 g/mol. The number of ether oxygens (including phenoxy) is 1. The van der Waals surface area contributed by atoms with Crippen molar-refractivity contribution >= 4 is 16.7 Å². The number of methoxy groups -OCH3 is 1. The second-order valence-electron chi connectivity index (χ2n) is 13.1. The fourth-order valence-corrected chi connectivity index (χ4v) is 7.36.